The maximum atomic E-state index is 9.77. The van der Waals surface area contributed by atoms with Crippen molar-refractivity contribution in [2.75, 3.05) is 20.3 Å². The van der Waals surface area contributed by atoms with Gasteiger partial charge in [-0.15, -0.1) is 0 Å². The van der Waals surface area contributed by atoms with Crippen molar-refractivity contribution in [1.82, 2.24) is 5.32 Å². The molecule has 1 aromatic carbocycles. The molecule has 1 aliphatic rings. The number of aromatic hydroxyl groups is 1. The average Bonchev–Trinajstić information content (AvgIpc) is 2.92. The maximum Gasteiger partial charge on any atom is 0.172 e. The normalized spacial score (nSPS) is 17.4. The van der Waals surface area contributed by atoms with E-state index < -0.39 is 0 Å². The van der Waals surface area contributed by atoms with Crippen LogP contribution in [0.25, 0.3) is 0 Å². The van der Waals surface area contributed by atoms with Crippen LogP contribution in [0.5, 0.6) is 11.5 Å². The van der Waals surface area contributed by atoms with Crippen LogP contribution in [0.1, 0.15) is 31.2 Å². The van der Waals surface area contributed by atoms with E-state index in [1.807, 2.05) is 12.1 Å². The molecule has 5 heteroatoms. The van der Waals surface area contributed by atoms with Crippen LogP contribution >= 0.6 is 15.9 Å². The molecular weight excluding hydrogens is 322 g/mol. The summed E-state index contributed by atoms with van der Waals surface area (Å²) in [5.41, 5.74) is 1.09. The zero-order chi connectivity index (χ0) is 14.6. The minimum absolute atomic E-state index is 0.0538. The maximum absolute atomic E-state index is 9.77. The van der Waals surface area contributed by atoms with Gasteiger partial charge in [0.05, 0.1) is 11.6 Å². The Morgan fingerprint density at radius 2 is 2.05 bits per heavy atom. The van der Waals surface area contributed by atoms with Crippen LogP contribution < -0.4 is 10.1 Å². The summed E-state index contributed by atoms with van der Waals surface area (Å²) >= 11 is 3.32. The van der Waals surface area contributed by atoms with Gasteiger partial charge in [0.1, 0.15) is 0 Å². The highest BCUT2D eigenvalue weighted by Gasteiger charge is 2.32. The van der Waals surface area contributed by atoms with Crippen molar-refractivity contribution < 1.29 is 14.9 Å². The van der Waals surface area contributed by atoms with Crippen molar-refractivity contribution in [3.8, 4) is 11.5 Å². The second-order valence-electron chi connectivity index (χ2n) is 5.60. The van der Waals surface area contributed by atoms with Crippen LogP contribution in [0.2, 0.25) is 0 Å². The van der Waals surface area contributed by atoms with Gasteiger partial charge in [-0.1, -0.05) is 12.8 Å². The van der Waals surface area contributed by atoms with Crippen molar-refractivity contribution in [2.24, 2.45) is 5.41 Å². The molecule has 0 aliphatic heterocycles. The first kappa shape index (κ1) is 15.6. The molecule has 1 aliphatic carbocycles. The Morgan fingerprint density at radius 3 is 2.65 bits per heavy atom. The SMILES string of the molecule is COc1cc(CNCC2(CO)CCCC2)cc(Br)c1O. The molecule has 1 saturated carbocycles. The molecule has 1 aromatic rings. The van der Waals surface area contributed by atoms with Crippen LogP contribution in [-0.2, 0) is 6.54 Å². The first-order valence-corrected chi connectivity index (χ1v) is 7.76. The van der Waals surface area contributed by atoms with E-state index in [1.165, 1.54) is 20.0 Å². The number of hydrogen-bond donors (Lipinski definition) is 3. The van der Waals surface area contributed by atoms with Crippen molar-refractivity contribution in [3.05, 3.63) is 22.2 Å². The smallest absolute Gasteiger partial charge is 0.172 e. The Kier molecular flexibility index (Phi) is 5.29. The first-order valence-electron chi connectivity index (χ1n) is 6.97. The fraction of sp³-hybridized carbons (Fsp3) is 0.600. The molecule has 112 valence electrons. The quantitative estimate of drug-likeness (QED) is 0.743. The largest absolute Gasteiger partial charge is 0.503 e. The highest BCUT2D eigenvalue weighted by molar-refractivity contribution is 9.10. The summed E-state index contributed by atoms with van der Waals surface area (Å²) in [6, 6.07) is 3.71. The van der Waals surface area contributed by atoms with Gasteiger partial charge < -0.3 is 20.3 Å². The van der Waals surface area contributed by atoms with Gasteiger partial charge in [0, 0.05) is 25.1 Å². The number of ether oxygens (including phenoxy) is 1. The summed E-state index contributed by atoms with van der Waals surface area (Å²) in [4.78, 5) is 0. The van der Waals surface area contributed by atoms with Crippen LogP contribution in [0, 0.1) is 5.41 Å². The monoisotopic (exact) mass is 343 g/mol. The van der Waals surface area contributed by atoms with E-state index in [-0.39, 0.29) is 17.8 Å². The zero-order valence-electron chi connectivity index (χ0n) is 11.8. The van der Waals surface area contributed by atoms with E-state index >= 15 is 0 Å². The van der Waals surface area contributed by atoms with Gasteiger partial charge in [-0.05, 0) is 46.5 Å². The molecule has 0 spiro atoms. The van der Waals surface area contributed by atoms with Crippen LogP contribution in [0.15, 0.2) is 16.6 Å². The lowest BCUT2D eigenvalue weighted by Crippen LogP contribution is -2.34. The molecule has 0 aromatic heterocycles. The summed E-state index contributed by atoms with van der Waals surface area (Å²) in [7, 11) is 1.54. The number of nitrogens with one attached hydrogen (secondary N) is 1. The lowest BCUT2D eigenvalue weighted by molar-refractivity contribution is 0.128. The molecule has 20 heavy (non-hydrogen) atoms. The fourth-order valence-corrected chi connectivity index (χ4v) is 3.36. The molecule has 0 atom stereocenters. The van der Waals surface area contributed by atoms with E-state index in [0.717, 1.165) is 24.9 Å². The zero-order valence-corrected chi connectivity index (χ0v) is 13.4. The fourth-order valence-electron chi connectivity index (χ4n) is 2.87. The second kappa shape index (κ2) is 6.78. The average molecular weight is 344 g/mol. The van der Waals surface area contributed by atoms with Crippen LogP contribution in [0.3, 0.4) is 0 Å². The molecular formula is C15H22BrNO3. The van der Waals surface area contributed by atoms with E-state index in [2.05, 4.69) is 21.2 Å². The minimum atomic E-state index is 0.0538. The second-order valence-corrected chi connectivity index (χ2v) is 6.45. The van der Waals surface area contributed by atoms with Gasteiger partial charge in [-0.25, -0.2) is 0 Å². The molecule has 0 bridgehead atoms. The standard InChI is InChI=1S/C15H22BrNO3/c1-20-13-7-11(6-12(16)14(13)19)8-17-9-15(10-18)4-2-3-5-15/h6-7,17-19H,2-5,8-10H2,1H3. The van der Waals surface area contributed by atoms with Crippen molar-refractivity contribution in [2.45, 2.75) is 32.2 Å². The summed E-state index contributed by atoms with van der Waals surface area (Å²) in [5, 5.41) is 22.8. The number of phenolic OH excluding ortho intramolecular Hbond substituents is 1. The molecule has 0 unspecified atom stereocenters. The van der Waals surface area contributed by atoms with Gasteiger partial charge in [0.25, 0.3) is 0 Å². The molecule has 4 nitrogen and oxygen atoms in total. The predicted molar refractivity (Wildman–Crippen MR) is 82.1 cm³/mol. The molecule has 0 heterocycles. The third-order valence-electron chi connectivity index (χ3n) is 4.14. The first-order chi connectivity index (χ1) is 9.60. The molecule has 1 fully saturated rings. The van der Waals surface area contributed by atoms with E-state index in [4.69, 9.17) is 4.74 Å². The van der Waals surface area contributed by atoms with Crippen LogP contribution in [-0.4, -0.2) is 30.5 Å². The number of aliphatic hydroxyl groups is 1. The highest BCUT2D eigenvalue weighted by atomic mass is 79.9. The number of rotatable bonds is 6. The Balaban J connectivity index is 1.95. The Bertz CT molecular complexity index is 459. The number of phenols is 1. The Morgan fingerprint density at radius 1 is 1.35 bits per heavy atom. The number of halogens is 1. The van der Waals surface area contributed by atoms with E-state index in [0.29, 0.717) is 16.8 Å². The number of aliphatic hydroxyl groups excluding tert-OH is 1. The molecule has 2 rings (SSSR count). The minimum Gasteiger partial charge on any atom is -0.503 e. The van der Waals surface area contributed by atoms with Gasteiger partial charge in [-0.2, -0.15) is 0 Å². The van der Waals surface area contributed by atoms with Gasteiger partial charge >= 0.3 is 0 Å². The Labute approximate surface area is 128 Å². The summed E-state index contributed by atoms with van der Waals surface area (Å²) in [5.74, 6) is 0.591. The Hall–Kier alpha value is -0.780. The number of methoxy groups -OCH3 is 1. The van der Waals surface area contributed by atoms with Crippen molar-refractivity contribution in [1.29, 1.82) is 0 Å². The van der Waals surface area contributed by atoms with E-state index in [9.17, 15) is 10.2 Å². The number of benzene rings is 1. The third-order valence-corrected chi connectivity index (χ3v) is 4.74. The molecule has 0 amide bonds. The third kappa shape index (κ3) is 3.45. The molecule has 0 radical (unpaired) electrons. The lowest BCUT2D eigenvalue weighted by atomic mass is 9.87. The van der Waals surface area contributed by atoms with Gasteiger partial charge in [0.2, 0.25) is 0 Å². The topological polar surface area (TPSA) is 61.7 Å². The van der Waals surface area contributed by atoms with Crippen molar-refractivity contribution >= 4 is 15.9 Å². The summed E-state index contributed by atoms with van der Waals surface area (Å²) in [6.07, 6.45) is 4.61. The van der Waals surface area contributed by atoms with Crippen molar-refractivity contribution in [3.63, 3.8) is 0 Å². The van der Waals surface area contributed by atoms with Gasteiger partial charge in [-0.3, -0.25) is 0 Å². The van der Waals surface area contributed by atoms with Crippen LogP contribution in [0.4, 0.5) is 0 Å². The lowest BCUT2D eigenvalue weighted by Gasteiger charge is -2.26. The summed E-state index contributed by atoms with van der Waals surface area (Å²) < 4.78 is 5.77. The highest BCUT2D eigenvalue weighted by Crippen LogP contribution is 2.37. The van der Waals surface area contributed by atoms with E-state index in [1.54, 1.807) is 0 Å². The predicted octanol–water partition coefficient (Wildman–Crippen LogP) is 2.81. The molecule has 0 saturated heterocycles. The van der Waals surface area contributed by atoms with Gasteiger partial charge in [0.15, 0.2) is 11.5 Å². The summed E-state index contributed by atoms with van der Waals surface area (Å²) in [6.45, 7) is 1.77. The number of hydrogen-bond acceptors (Lipinski definition) is 4. The molecule has 3 N–H and O–H groups in total.